The SMILES string of the molecule is CC(C)C1CCCCC1C1CCCCC1.CN. The van der Waals surface area contributed by atoms with E-state index in [0.29, 0.717) is 0 Å². The van der Waals surface area contributed by atoms with Gasteiger partial charge in [-0.15, -0.1) is 0 Å². The Bertz CT molecular complexity index is 182. The van der Waals surface area contributed by atoms with Crippen LogP contribution in [0.3, 0.4) is 0 Å². The fourth-order valence-corrected chi connectivity index (χ4v) is 4.16. The molecule has 0 aromatic heterocycles. The van der Waals surface area contributed by atoms with Crippen molar-refractivity contribution in [3.05, 3.63) is 0 Å². The maximum absolute atomic E-state index is 4.50. The molecule has 2 unspecified atom stereocenters. The molecule has 1 heteroatoms. The van der Waals surface area contributed by atoms with Crippen molar-refractivity contribution in [2.45, 2.75) is 71.6 Å². The van der Waals surface area contributed by atoms with Gasteiger partial charge in [0.05, 0.1) is 0 Å². The predicted octanol–water partition coefficient (Wildman–Crippen LogP) is 4.60. The summed E-state index contributed by atoms with van der Waals surface area (Å²) in [6.07, 6.45) is 13.7. The van der Waals surface area contributed by atoms with Gasteiger partial charge in [-0.2, -0.15) is 0 Å². The lowest BCUT2D eigenvalue weighted by atomic mass is 9.65. The van der Waals surface area contributed by atoms with Gasteiger partial charge in [0.15, 0.2) is 0 Å². The van der Waals surface area contributed by atoms with Gasteiger partial charge in [-0.1, -0.05) is 58.8 Å². The van der Waals surface area contributed by atoms with Gasteiger partial charge in [0.25, 0.3) is 0 Å². The van der Waals surface area contributed by atoms with E-state index in [-0.39, 0.29) is 0 Å². The van der Waals surface area contributed by atoms with Crippen molar-refractivity contribution in [1.29, 1.82) is 0 Å². The van der Waals surface area contributed by atoms with E-state index in [9.17, 15) is 0 Å². The van der Waals surface area contributed by atoms with E-state index in [1.165, 1.54) is 45.6 Å². The van der Waals surface area contributed by atoms with E-state index < -0.39 is 0 Å². The predicted molar refractivity (Wildman–Crippen MR) is 77.0 cm³/mol. The first-order chi connectivity index (χ1) is 8.29. The Kier molecular flexibility index (Phi) is 7.18. The smallest absolute Gasteiger partial charge is 0.0195 e. The number of nitrogens with two attached hydrogens (primary N) is 1. The number of hydrogen-bond donors (Lipinski definition) is 1. The summed E-state index contributed by atoms with van der Waals surface area (Å²) in [4.78, 5) is 0. The first kappa shape index (κ1) is 15.0. The van der Waals surface area contributed by atoms with Gasteiger partial charge >= 0.3 is 0 Å². The molecule has 2 rings (SSSR count). The molecule has 2 saturated carbocycles. The van der Waals surface area contributed by atoms with E-state index in [1.54, 1.807) is 19.3 Å². The Morgan fingerprint density at radius 3 is 1.88 bits per heavy atom. The van der Waals surface area contributed by atoms with Gasteiger partial charge in [0.2, 0.25) is 0 Å². The van der Waals surface area contributed by atoms with Crippen LogP contribution in [0.15, 0.2) is 0 Å². The first-order valence-electron chi connectivity index (χ1n) is 7.87. The average Bonchev–Trinajstić information content (AvgIpc) is 2.42. The van der Waals surface area contributed by atoms with E-state index in [1.807, 2.05) is 0 Å². The minimum Gasteiger partial charge on any atom is -0.333 e. The van der Waals surface area contributed by atoms with Crippen molar-refractivity contribution >= 4 is 0 Å². The molecule has 0 amide bonds. The van der Waals surface area contributed by atoms with Gasteiger partial charge in [-0.3, -0.25) is 0 Å². The first-order valence-corrected chi connectivity index (χ1v) is 7.87. The van der Waals surface area contributed by atoms with Crippen LogP contribution in [-0.2, 0) is 0 Å². The summed E-state index contributed by atoms with van der Waals surface area (Å²) in [7, 11) is 1.50. The molecule has 2 aliphatic carbocycles. The Hall–Kier alpha value is -0.0400. The lowest BCUT2D eigenvalue weighted by Crippen LogP contribution is -2.31. The van der Waals surface area contributed by atoms with Crippen molar-refractivity contribution in [2.75, 3.05) is 7.05 Å². The molecule has 0 radical (unpaired) electrons. The summed E-state index contributed by atoms with van der Waals surface area (Å²) in [6.45, 7) is 4.90. The Morgan fingerprint density at radius 2 is 1.29 bits per heavy atom. The van der Waals surface area contributed by atoms with Crippen LogP contribution >= 0.6 is 0 Å². The van der Waals surface area contributed by atoms with Crippen molar-refractivity contribution in [1.82, 2.24) is 0 Å². The number of hydrogen-bond acceptors (Lipinski definition) is 1. The van der Waals surface area contributed by atoms with Crippen molar-refractivity contribution in [2.24, 2.45) is 29.4 Å². The molecule has 0 saturated heterocycles. The zero-order chi connectivity index (χ0) is 12.7. The third-order valence-electron chi connectivity index (χ3n) is 4.99. The summed E-state index contributed by atoms with van der Waals surface area (Å²) < 4.78 is 0. The van der Waals surface area contributed by atoms with Crippen LogP contribution in [0.25, 0.3) is 0 Å². The molecule has 0 aromatic rings. The monoisotopic (exact) mass is 239 g/mol. The molecule has 0 aromatic carbocycles. The highest BCUT2D eigenvalue weighted by atomic mass is 14.4. The van der Waals surface area contributed by atoms with Crippen LogP contribution in [0, 0.1) is 23.7 Å². The van der Waals surface area contributed by atoms with Gasteiger partial charge < -0.3 is 5.73 Å². The van der Waals surface area contributed by atoms with E-state index in [4.69, 9.17) is 0 Å². The molecule has 17 heavy (non-hydrogen) atoms. The second-order valence-corrected chi connectivity index (χ2v) is 6.25. The Labute approximate surface area is 109 Å². The molecule has 1 nitrogen and oxygen atoms in total. The third-order valence-corrected chi connectivity index (χ3v) is 4.99. The normalized spacial score (nSPS) is 30.9. The molecule has 0 spiro atoms. The molecular formula is C16H33N. The topological polar surface area (TPSA) is 26.0 Å². The lowest BCUT2D eigenvalue weighted by molar-refractivity contribution is 0.0968. The van der Waals surface area contributed by atoms with Crippen molar-refractivity contribution < 1.29 is 0 Å². The zero-order valence-electron chi connectivity index (χ0n) is 12.3. The molecule has 102 valence electrons. The van der Waals surface area contributed by atoms with Gasteiger partial charge in [-0.25, -0.2) is 0 Å². The van der Waals surface area contributed by atoms with Gasteiger partial charge in [0.1, 0.15) is 0 Å². The van der Waals surface area contributed by atoms with Crippen LogP contribution in [0.1, 0.15) is 71.6 Å². The summed E-state index contributed by atoms with van der Waals surface area (Å²) in [6, 6.07) is 0. The average molecular weight is 239 g/mol. The van der Waals surface area contributed by atoms with Gasteiger partial charge in [0, 0.05) is 0 Å². The molecule has 0 bridgehead atoms. The summed E-state index contributed by atoms with van der Waals surface area (Å²) in [5.74, 6) is 4.18. The van der Waals surface area contributed by atoms with Crippen molar-refractivity contribution in [3.63, 3.8) is 0 Å². The second kappa shape index (κ2) is 8.13. The van der Waals surface area contributed by atoms with E-state index in [2.05, 4.69) is 19.6 Å². The van der Waals surface area contributed by atoms with Gasteiger partial charge in [-0.05, 0) is 43.6 Å². The highest BCUT2D eigenvalue weighted by Gasteiger charge is 2.33. The molecule has 0 aliphatic heterocycles. The maximum atomic E-state index is 4.50. The number of rotatable bonds is 2. The molecular weight excluding hydrogens is 206 g/mol. The minimum absolute atomic E-state index is 0.928. The lowest BCUT2D eigenvalue weighted by Gasteiger charge is -2.41. The summed E-state index contributed by atoms with van der Waals surface area (Å²) >= 11 is 0. The molecule has 0 heterocycles. The molecule has 2 aliphatic rings. The largest absolute Gasteiger partial charge is 0.333 e. The van der Waals surface area contributed by atoms with Crippen LogP contribution in [0.2, 0.25) is 0 Å². The Balaban J connectivity index is 0.000000686. The molecule has 2 atom stereocenters. The third kappa shape index (κ3) is 4.28. The fourth-order valence-electron chi connectivity index (χ4n) is 4.16. The summed E-state index contributed by atoms with van der Waals surface area (Å²) in [5.41, 5.74) is 4.50. The molecule has 2 fully saturated rings. The highest BCUT2D eigenvalue weighted by Crippen LogP contribution is 2.44. The van der Waals surface area contributed by atoms with Crippen LogP contribution < -0.4 is 5.73 Å². The molecule has 2 N–H and O–H groups in total. The Morgan fingerprint density at radius 1 is 0.765 bits per heavy atom. The second-order valence-electron chi connectivity index (χ2n) is 6.25. The van der Waals surface area contributed by atoms with E-state index in [0.717, 1.165) is 23.7 Å². The summed E-state index contributed by atoms with van der Waals surface area (Å²) in [5, 5.41) is 0. The standard InChI is InChI=1S/C15H28.CH5N/c1-12(2)14-10-6-7-11-15(14)13-8-4-3-5-9-13;1-2/h12-15H,3-11H2,1-2H3;2H2,1H3. The van der Waals surface area contributed by atoms with Crippen LogP contribution in [0.4, 0.5) is 0 Å². The maximum Gasteiger partial charge on any atom is -0.0195 e. The van der Waals surface area contributed by atoms with Crippen LogP contribution in [0.5, 0.6) is 0 Å². The zero-order valence-corrected chi connectivity index (χ0v) is 12.3. The van der Waals surface area contributed by atoms with Crippen LogP contribution in [-0.4, -0.2) is 7.05 Å². The van der Waals surface area contributed by atoms with Crippen molar-refractivity contribution in [3.8, 4) is 0 Å². The fraction of sp³-hybridized carbons (Fsp3) is 1.00. The highest BCUT2D eigenvalue weighted by molar-refractivity contribution is 4.84. The minimum atomic E-state index is 0.928. The quantitative estimate of drug-likeness (QED) is 0.748. The van der Waals surface area contributed by atoms with E-state index >= 15 is 0 Å².